The SMILES string of the molecule is CCOC(=O)C(Nc1ccccc1[N+](=O)[O-])C(=O)OCC. The van der Waals surface area contributed by atoms with E-state index in [-0.39, 0.29) is 24.6 Å². The van der Waals surface area contributed by atoms with Gasteiger partial charge >= 0.3 is 11.9 Å². The molecule has 0 saturated carbocycles. The topological polar surface area (TPSA) is 108 Å². The molecule has 0 spiro atoms. The normalized spacial score (nSPS) is 10.0. The van der Waals surface area contributed by atoms with Crippen LogP contribution in [0.1, 0.15) is 13.8 Å². The van der Waals surface area contributed by atoms with Gasteiger partial charge in [-0.15, -0.1) is 0 Å². The molecule has 0 radical (unpaired) electrons. The maximum absolute atomic E-state index is 11.8. The molecule has 8 nitrogen and oxygen atoms in total. The van der Waals surface area contributed by atoms with Crippen LogP contribution in [0, 0.1) is 10.1 Å². The zero-order valence-corrected chi connectivity index (χ0v) is 11.7. The van der Waals surface area contributed by atoms with Crippen LogP contribution in [0.15, 0.2) is 24.3 Å². The second-order valence-electron chi connectivity index (χ2n) is 3.86. The first-order chi connectivity index (χ1) is 10.0. The summed E-state index contributed by atoms with van der Waals surface area (Å²) in [6.07, 6.45) is 0. The Morgan fingerprint density at radius 2 is 1.71 bits per heavy atom. The van der Waals surface area contributed by atoms with Gasteiger partial charge in [-0.1, -0.05) is 12.1 Å². The summed E-state index contributed by atoms with van der Waals surface area (Å²) < 4.78 is 9.54. The van der Waals surface area contributed by atoms with Gasteiger partial charge in [0.15, 0.2) is 0 Å². The highest BCUT2D eigenvalue weighted by Gasteiger charge is 2.31. The zero-order valence-electron chi connectivity index (χ0n) is 11.7. The van der Waals surface area contributed by atoms with E-state index in [2.05, 4.69) is 5.32 Å². The van der Waals surface area contributed by atoms with Crippen LogP contribution in [0.5, 0.6) is 0 Å². The molecule has 0 aliphatic carbocycles. The van der Waals surface area contributed by atoms with Gasteiger partial charge in [-0.25, -0.2) is 9.59 Å². The number of rotatable bonds is 7. The molecule has 0 fully saturated rings. The Hall–Kier alpha value is -2.64. The van der Waals surface area contributed by atoms with Crippen LogP contribution in [-0.2, 0) is 19.1 Å². The van der Waals surface area contributed by atoms with E-state index < -0.39 is 22.9 Å². The Morgan fingerprint density at radius 1 is 1.19 bits per heavy atom. The Morgan fingerprint density at radius 3 is 2.19 bits per heavy atom. The van der Waals surface area contributed by atoms with E-state index in [1.165, 1.54) is 18.2 Å². The second kappa shape index (κ2) is 7.83. The first-order valence-electron chi connectivity index (χ1n) is 6.34. The van der Waals surface area contributed by atoms with E-state index in [9.17, 15) is 19.7 Å². The number of benzene rings is 1. The number of nitrogens with one attached hydrogen (secondary N) is 1. The summed E-state index contributed by atoms with van der Waals surface area (Å²) in [5.74, 6) is -1.71. The average molecular weight is 296 g/mol. The van der Waals surface area contributed by atoms with Crippen LogP contribution in [0.25, 0.3) is 0 Å². The molecule has 1 aromatic carbocycles. The third-order valence-corrected chi connectivity index (χ3v) is 2.45. The molecule has 21 heavy (non-hydrogen) atoms. The Bertz CT molecular complexity index is 513. The number of carbonyl (C=O) groups excluding carboxylic acids is 2. The van der Waals surface area contributed by atoms with Crippen LogP contribution >= 0.6 is 0 Å². The fourth-order valence-electron chi connectivity index (χ4n) is 1.58. The van der Waals surface area contributed by atoms with Crippen molar-refractivity contribution in [2.45, 2.75) is 19.9 Å². The second-order valence-corrected chi connectivity index (χ2v) is 3.86. The van der Waals surface area contributed by atoms with Crippen molar-refractivity contribution in [1.29, 1.82) is 0 Å². The van der Waals surface area contributed by atoms with E-state index in [1.807, 2.05) is 0 Å². The third kappa shape index (κ3) is 4.44. The predicted molar refractivity (Wildman–Crippen MR) is 73.8 cm³/mol. The van der Waals surface area contributed by atoms with Crippen molar-refractivity contribution < 1.29 is 24.0 Å². The molecule has 8 heteroatoms. The lowest BCUT2D eigenvalue weighted by Crippen LogP contribution is -2.40. The van der Waals surface area contributed by atoms with Crippen LogP contribution in [-0.4, -0.2) is 36.1 Å². The summed E-state index contributed by atoms with van der Waals surface area (Å²) in [4.78, 5) is 33.9. The zero-order chi connectivity index (χ0) is 15.8. The van der Waals surface area contributed by atoms with Crippen molar-refractivity contribution in [1.82, 2.24) is 0 Å². The van der Waals surface area contributed by atoms with Crippen molar-refractivity contribution in [3.05, 3.63) is 34.4 Å². The summed E-state index contributed by atoms with van der Waals surface area (Å²) in [5, 5.41) is 13.4. The minimum absolute atomic E-state index is 0.0357. The molecule has 1 rings (SSSR count). The number of carbonyl (C=O) groups is 2. The van der Waals surface area contributed by atoms with Gasteiger partial charge in [0.05, 0.1) is 18.1 Å². The molecule has 0 unspecified atom stereocenters. The molecule has 114 valence electrons. The summed E-state index contributed by atoms with van der Waals surface area (Å²) in [6.45, 7) is 3.33. The number of nitro benzene ring substituents is 1. The molecule has 0 aliphatic rings. The Kier molecular flexibility index (Phi) is 6.12. The van der Waals surface area contributed by atoms with Gasteiger partial charge in [0.2, 0.25) is 6.04 Å². The van der Waals surface area contributed by atoms with E-state index >= 15 is 0 Å². The molecule has 0 heterocycles. The molecule has 0 aromatic heterocycles. The number of hydrogen-bond acceptors (Lipinski definition) is 7. The molecular formula is C13H16N2O6. The van der Waals surface area contributed by atoms with Crippen LogP contribution in [0.3, 0.4) is 0 Å². The number of ether oxygens (including phenoxy) is 2. The predicted octanol–water partition coefficient (Wildman–Crippen LogP) is 1.50. The molecule has 1 N–H and O–H groups in total. The van der Waals surface area contributed by atoms with E-state index in [4.69, 9.17) is 9.47 Å². The smallest absolute Gasteiger partial charge is 0.340 e. The first-order valence-corrected chi connectivity index (χ1v) is 6.34. The lowest BCUT2D eigenvalue weighted by Gasteiger charge is -2.16. The minimum Gasteiger partial charge on any atom is -0.464 e. The van der Waals surface area contributed by atoms with Gasteiger partial charge in [0, 0.05) is 6.07 Å². The highest BCUT2D eigenvalue weighted by Crippen LogP contribution is 2.24. The number of hydrogen-bond donors (Lipinski definition) is 1. The van der Waals surface area contributed by atoms with E-state index in [0.717, 1.165) is 0 Å². The van der Waals surface area contributed by atoms with Gasteiger partial charge in [0.1, 0.15) is 5.69 Å². The highest BCUT2D eigenvalue weighted by molar-refractivity contribution is 6.02. The first kappa shape index (κ1) is 16.4. The van der Waals surface area contributed by atoms with E-state index in [1.54, 1.807) is 19.9 Å². The number of para-hydroxylation sites is 2. The highest BCUT2D eigenvalue weighted by atomic mass is 16.6. The van der Waals surface area contributed by atoms with Crippen molar-refractivity contribution >= 4 is 23.3 Å². The van der Waals surface area contributed by atoms with Crippen molar-refractivity contribution in [3.63, 3.8) is 0 Å². The third-order valence-electron chi connectivity index (χ3n) is 2.45. The minimum atomic E-state index is -1.45. The Labute approximate surface area is 121 Å². The molecule has 1 aromatic rings. The molecule has 0 amide bonds. The van der Waals surface area contributed by atoms with Gasteiger partial charge in [0.25, 0.3) is 5.69 Å². The van der Waals surface area contributed by atoms with Crippen molar-refractivity contribution in [2.24, 2.45) is 0 Å². The Balaban J connectivity index is 3.03. The fourth-order valence-corrected chi connectivity index (χ4v) is 1.58. The molecular weight excluding hydrogens is 280 g/mol. The quantitative estimate of drug-likeness (QED) is 0.351. The van der Waals surface area contributed by atoms with Gasteiger partial charge in [-0.2, -0.15) is 0 Å². The molecule has 0 aliphatic heterocycles. The fraction of sp³-hybridized carbons (Fsp3) is 0.385. The molecule has 0 bridgehead atoms. The number of anilines is 1. The molecule has 0 saturated heterocycles. The number of esters is 2. The largest absolute Gasteiger partial charge is 0.464 e. The summed E-state index contributed by atoms with van der Waals surface area (Å²) >= 11 is 0. The summed E-state index contributed by atoms with van der Waals surface area (Å²) in [6, 6.07) is 4.22. The maximum atomic E-state index is 11.8. The van der Waals surface area contributed by atoms with Crippen molar-refractivity contribution in [2.75, 3.05) is 18.5 Å². The van der Waals surface area contributed by atoms with Gasteiger partial charge in [-0.3, -0.25) is 10.1 Å². The summed E-state index contributed by atoms with van der Waals surface area (Å²) in [7, 11) is 0. The standard InChI is InChI=1S/C13H16N2O6/c1-3-20-12(16)11(13(17)21-4-2)14-9-7-5-6-8-10(9)15(18)19/h5-8,11,14H,3-4H2,1-2H3. The lowest BCUT2D eigenvalue weighted by molar-refractivity contribution is -0.384. The maximum Gasteiger partial charge on any atom is 0.340 e. The number of nitrogens with zero attached hydrogens (tertiary/aromatic N) is 1. The van der Waals surface area contributed by atoms with Crippen molar-refractivity contribution in [3.8, 4) is 0 Å². The van der Waals surface area contributed by atoms with Gasteiger partial charge in [-0.05, 0) is 19.9 Å². The monoisotopic (exact) mass is 296 g/mol. The van der Waals surface area contributed by atoms with Crippen LogP contribution < -0.4 is 5.32 Å². The average Bonchev–Trinajstić information content (AvgIpc) is 2.45. The molecule has 0 atom stereocenters. The summed E-state index contributed by atoms with van der Waals surface area (Å²) in [5.41, 5.74) is -0.218. The van der Waals surface area contributed by atoms with Crippen LogP contribution in [0.2, 0.25) is 0 Å². The lowest BCUT2D eigenvalue weighted by atomic mass is 10.2. The number of nitro groups is 1. The van der Waals surface area contributed by atoms with E-state index in [0.29, 0.717) is 0 Å². The van der Waals surface area contributed by atoms with Gasteiger partial charge < -0.3 is 14.8 Å². The van der Waals surface area contributed by atoms with Crippen LogP contribution in [0.4, 0.5) is 11.4 Å².